The summed E-state index contributed by atoms with van der Waals surface area (Å²) in [4.78, 5) is 4.25. The van der Waals surface area contributed by atoms with Gasteiger partial charge in [-0.25, -0.2) is 4.98 Å². The maximum Gasteiger partial charge on any atom is 0.235 e. The lowest BCUT2D eigenvalue weighted by Gasteiger charge is -2.23. The van der Waals surface area contributed by atoms with E-state index in [2.05, 4.69) is 10.3 Å². The molecule has 2 unspecified atom stereocenters. The summed E-state index contributed by atoms with van der Waals surface area (Å²) in [6.45, 7) is 3.77. The van der Waals surface area contributed by atoms with Gasteiger partial charge in [0.05, 0.1) is 11.2 Å². The molecule has 1 aromatic heterocycles. The summed E-state index contributed by atoms with van der Waals surface area (Å²) in [5.74, 6) is 1.51. The third kappa shape index (κ3) is 3.18. The lowest BCUT2D eigenvalue weighted by molar-refractivity contribution is 0.113. The average molecular weight is 327 g/mol. The largest absolute Gasteiger partial charge is 0.479 e. The highest BCUT2D eigenvalue weighted by Crippen LogP contribution is 2.38. The number of oxazole rings is 1. The maximum atomic E-state index is 6.27. The number of rotatable bonds is 4. The summed E-state index contributed by atoms with van der Waals surface area (Å²) in [6, 6.07) is 3.52. The molecule has 0 saturated carbocycles. The first-order valence-electron chi connectivity index (χ1n) is 6.87. The van der Waals surface area contributed by atoms with E-state index in [9.17, 15) is 0 Å². The van der Waals surface area contributed by atoms with E-state index in [1.54, 1.807) is 18.5 Å². The number of hydrogen-bond acceptors (Lipinski definition) is 4. The standard InChI is InChI=1S/C15H16Cl2N2O2/c1-9-6-11(16)7-12(17)13(9)21-14(10-2-3-18-8-10)15-19-4-5-20-15/h4-7,10,14,18H,2-3,8H2,1H3. The van der Waals surface area contributed by atoms with Crippen LogP contribution in [-0.2, 0) is 0 Å². The number of nitrogens with one attached hydrogen (secondary N) is 1. The van der Waals surface area contributed by atoms with Crippen LogP contribution in [0.15, 0.2) is 29.0 Å². The van der Waals surface area contributed by atoms with Gasteiger partial charge in [-0.15, -0.1) is 0 Å². The summed E-state index contributed by atoms with van der Waals surface area (Å²) >= 11 is 12.3. The van der Waals surface area contributed by atoms with Crippen LogP contribution in [0.25, 0.3) is 0 Å². The number of nitrogens with zero attached hydrogens (tertiary/aromatic N) is 1. The molecule has 3 rings (SSSR count). The van der Waals surface area contributed by atoms with Crippen molar-refractivity contribution < 1.29 is 9.15 Å². The van der Waals surface area contributed by atoms with Crippen LogP contribution in [0.4, 0.5) is 0 Å². The highest BCUT2D eigenvalue weighted by Gasteiger charge is 2.32. The Morgan fingerprint density at radius 2 is 2.29 bits per heavy atom. The van der Waals surface area contributed by atoms with Crippen molar-refractivity contribution in [3.05, 3.63) is 46.1 Å². The number of halogens is 2. The first-order chi connectivity index (χ1) is 10.1. The Hall–Kier alpha value is -1.23. The fourth-order valence-corrected chi connectivity index (χ4v) is 3.26. The Bertz CT molecular complexity index is 587. The second-order valence-electron chi connectivity index (χ2n) is 5.20. The fourth-order valence-electron chi connectivity index (χ4n) is 2.62. The second kappa shape index (κ2) is 6.26. The molecule has 4 nitrogen and oxygen atoms in total. The van der Waals surface area contributed by atoms with Crippen LogP contribution in [0.5, 0.6) is 5.75 Å². The highest BCUT2D eigenvalue weighted by atomic mass is 35.5. The molecule has 112 valence electrons. The van der Waals surface area contributed by atoms with Gasteiger partial charge in [-0.05, 0) is 37.6 Å². The van der Waals surface area contributed by atoms with Gasteiger partial charge in [-0.1, -0.05) is 23.2 Å². The van der Waals surface area contributed by atoms with E-state index in [-0.39, 0.29) is 6.10 Å². The third-order valence-corrected chi connectivity index (χ3v) is 4.16. The van der Waals surface area contributed by atoms with Gasteiger partial charge in [-0.3, -0.25) is 0 Å². The lowest BCUT2D eigenvalue weighted by Crippen LogP contribution is -2.22. The zero-order chi connectivity index (χ0) is 14.8. The molecule has 1 aliphatic heterocycles. The van der Waals surface area contributed by atoms with Crippen molar-refractivity contribution in [2.45, 2.75) is 19.4 Å². The minimum absolute atomic E-state index is 0.257. The van der Waals surface area contributed by atoms with Crippen molar-refractivity contribution in [1.29, 1.82) is 0 Å². The Morgan fingerprint density at radius 1 is 1.43 bits per heavy atom. The first kappa shape index (κ1) is 14.7. The highest BCUT2D eigenvalue weighted by molar-refractivity contribution is 6.35. The molecule has 2 atom stereocenters. The summed E-state index contributed by atoms with van der Waals surface area (Å²) < 4.78 is 11.6. The number of ether oxygens (including phenoxy) is 1. The second-order valence-corrected chi connectivity index (χ2v) is 6.04. The van der Waals surface area contributed by atoms with Crippen LogP contribution < -0.4 is 10.1 Å². The van der Waals surface area contributed by atoms with E-state index in [1.165, 1.54) is 0 Å². The van der Waals surface area contributed by atoms with Gasteiger partial charge >= 0.3 is 0 Å². The molecule has 0 amide bonds. The predicted octanol–water partition coefficient (Wildman–Crippen LogP) is 4.02. The minimum atomic E-state index is -0.257. The van der Waals surface area contributed by atoms with E-state index in [4.69, 9.17) is 32.4 Å². The third-order valence-electron chi connectivity index (χ3n) is 3.66. The van der Waals surface area contributed by atoms with E-state index in [1.807, 2.05) is 13.0 Å². The number of aryl methyl sites for hydroxylation is 1. The molecule has 0 aliphatic carbocycles. The van der Waals surface area contributed by atoms with Gasteiger partial charge in [0.15, 0.2) is 6.10 Å². The van der Waals surface area contributed by atoms with Gasteiger partial charge in [0, 0.05) is 17.5 Å². The fraction of sp³-hybridized carbons (Fsp3) is 0.400. The molecule has 21 heavy (non-hydrogen) atoms. The van der Waals surface area contributed by atoms with Crippen LogP contribution in [0, 0.1) is 12.8 Å². The van der Waals surface area contributed by atoms with E-state index >= 15 is 0 Å². The quantitative estimate of drug-likeness (QED) is 0.921. The Morgan fingerprint density at radius 3 is 2.90 bits per heavy atom. The van der Waals surface area contributed by atoms with Crippen molar-refractivity contribution in [2.24, 2.45) is 5.92 Å². The molecule has 1 fully saturated rings. The topological polar surface area (TPSA) is 47.3 Å². The minimum Gasteiger partial charge on any atom is -0.479 e. The maximum absolute atomic E-state index is 6.27. The van der Waals surface area contributed by atoms with Gasteiger partial charge in [0.2, 0.25) is 5.89 Å². The monoisotopic (exact) mass is 326 g/mol. The molecular weight excluding hydrogens is 311 g/mol. The molecule has 0 spiro atoms. The van der Waals surface area contributed by atoms with Crippen LogP contribution in [0.1, 0.15) is 24.0 Å². The average Bonchev–Trinajstić information content (AvgIpc) is 3.11. The lowest BCUT2D eigenvalue weighted by atomic mass is 10.0. The normalized spacial score (nSPS) is 19.7. The molecule has 6 heteroatoms. The Kier molecular flexibility index (Phi) is 4.38. The van der Waals surface area contributed by atoms with Crippen LogP contribution in [0.2, 0.25) is 10.0 Å². The molecular formula is C15H16Cl2N2O2. The molecule has 2 heterocycles. The molecule has 0 bridgehead atoms. The van der Waals surface area contributed by atoms with Crippen LogP contribution >= 0.6 is 23.2 Å². The van der Waals surface area contributed by atoms with Gasteiger partial charge < -0.3 is 14.5 Å². The molecule has 2 aromatic rings. The van der Waals surface area contributed by atoms with E-state index in [0.29, 0.717) is 27.6 Å². The molecule has 1 saturated heterocycles. The first-order valence-corrected chi connectivity index (χ1v) is 7.63. The van der Waals surface area contributed by atoms with Crippen molar-refractivity contribution in [3.8, 4) is 5.75 Å². The SMILES string of the molecule is Cc1cc(Cl)cc(Cl)c1OC(c1ncco1)C1CCNC1. The van der Waals surface area contributed by atoms with Gasteiger partial charge in [0.1, 0.15) is 12.0 Å². The summed E-state index contributed by atoms with van der Waals surface area (Å²) in [5, 5.41) is 4.43. The van der Waals surface area contributed by atoms with E-state index in [0.717, 1.165) is 25.1 Å². The summed E-state index contributed by atoms with van der Waals surface area (Å²) in [5.41, 5.74) is 0.898. The van der Waals surface area contributed by atoms with Gasteiger partial charge in [0.25, 0.3) is 0 Å². The molecule has 1 aromatic carbocycles. The summed E-state index contributed by atoms with van der Waals surface area (Å²) in [7, 11) is 0. The summed E-state index contributed by atoms with van der Waals surface area (Å²) in [6.07, 6.45) is 3.94. The van der Waals surface area contributed by atoms with Crippen molar-refractivity contribution in [2.75, 3.05) is 13.1 Å². The Balaban J connectivity index is 1.91. The predicted molar refractivity (Wildman–Crippen MR) is 82.0 cm³/mol. The number of benzene rings is 1. The van der Waals surface area contributed by atoms with Crippen molar-refractivity contribution in [1.82, 2.24) is 10.3 Å². The van der Waals surface area contributed by atoms with Crippen molar-refractivity contribution >= 4 is 23.2 Å². The zero-order valence-corrected chi connectivity index (χ0v) is 13.1. The van der Waals surface area contributed by atoms with Gasteiger partial charge in [-0.2, -0.15) is 0 Å². The van der Waals surface area contributed by atoms with Crippen LogP contribution in [0.3, 0.4) is 0 Å². The molecule has 0 radical (unpaired) electrons. The number of aromatic nitrogens is 1. The van der Waals surface area contributed by atoms with Crippen LogP contribution in [-0.4, -0.2) is 18.1 Å². The smallest absolute Gasteiger partial charge is 0.235 e. The van der Waals surface area contributed by atoms with Crippen molar-refractivity contribution in [3.63, 3.8) is 0 Å². The number of hydrogen-bond donors (Lipinski definition) is 1. The molecule has 1 aliphatic rings. The zero-order valence-electron chi connectivity index (χ0n) is 11.6. The Labute approximate surface area is 133 Å². The molecule has 1 N–H and O–H groups in total. The van der Waals surface area contributed by atoms with E-state index < -0.39 is 0 Å².